The Labute approximate surface area is 122 Å². The molecule has 1 heterocycles. The molecule has 0 saturated carbocycles. The molecule has 2 rings (SSSR count). The van der Waals surface area contributed by atoms with Crippen molar-refractivity contribution < 1.29 is 24.1 Å². The summed E-state index contributed by atoms with van der Waals surface area (Å²) in [4.78, 5) is 10.9. The van der Waals surface area contributed by atoms with E-state index in [4.69, 9.17) is 15.6 Å². The van der Waals surface area contributed by atoms with Crippen LogP contribution in [0.3, 0.4) is 0 Å². The van der Waals surface area contributed by atoms with Gasteiger partial charge in [-0.25, -0.2) is 9.18 Å². The van der Waals surface area contributed by atoms with Crippen molar-refractivity contribution in [1.82, 2.24) is 0 Å². The number of phenols is 1. The second kappa shape index (κ2) is 6.88. The van der Waals surface area contributed by atoms with Crippen molar-refractivity contribution in [2.75, 3.05) is 13.2 Å². The van der Waals surface area contributed by atoms with Gasteiger partial charge in [-0.05, 0) is 30.9 Å². The van der Waals surface area contributed by atoms with Crippen LogP contribution in [-0.2, 0) is 4.74 Å². The molecule has 0 spiro atoms. The number of ether oxygens (including phenoxy) is 1. The van der Waals surface area contributed by atoms with Crippen molar-refractivity contribution in [1.29, 1.82) is 0 Å². The summed E-state index contributed by atoms with van der Waals surface area (Å²) in [5.74, 6) is -2.73. The lowest BCUT2D eigenvalue weighted by Crippen LogP contribution is -2.27. The Balaban J connectivity index is 0.00000200. The molecular weight excluding hydrogens is 289 g/mol. The molecule has 1 aliphatic rings. The van der Waals surface area contributed by atoms with E-state index in [2.05, 4.69) is 0 Å². The molecule has 5 nitrogen and oxygen atoms in total. The number of aromatic hydroxyl groups is 1. The van der Waals surface area contributed by atoms with E-state index in [-0.39, 0.29) is 29.5 Å². The Kier molecular flexibility index (Phi) is 5.74. The monoisotopic (exact) mass is 305 g/mol. The van der Waals surface area contributed by atoms with Crippen LogP contribution in [0.5, 0.6) is 5.75 Å². The van der Waals surface area contributed by atoms with Gasteiger partial charge in [-0.1, -0.05) is 0 Å². The Hall–Kier alpha value is -1.37. The molecule has 7 heteroatoms. The number of carbonyl (C=O) groups is 1. The number of nitrogens with two attached hydrogens (primary N) is 1. The summed E-state index contributed by atoms with van der Waals surface area (Å²) < 4.78 is 18.7. The lowest BCUT2D eigenvalue weighted by atomic mass is 9.86. The van der Waals surface area contributed by atoms with Gasteiger partial charge in [0.25, 0.3) is 0 Å². The Morgan fingerprint density at radius 2 is 2.00 bits per heavy atom. The molecular formula is C13H17ClFNO4. The molecule has 1 atom stereocenters. The number of hydrogen-bond donors (Lipinski definition) is 3. The van der Waals surface area contributed by atoms with E-state index in [0.717, 1.165) is 6.07 Å². The highest BCUT2D eigenvalue weighted by Gasteiger charge is 2.26. The third-order valence-electron chi connectivity index (χ3n) is 3.47. The van der Waals surface area contributed by atoms with Crippen LogP contribution in [0.15, 0.2) is 12.1 Å². The molecule has 0 aliphatic carbocycles. The van der Waals surface area contributed by atoms with Crippen LogP contribution in [0.25, 0.3) is 0 Å². The molecule has 112 valence electrons. The third-order valence-corrected chi connectivity index (χ3v) is 3.47. The van der Waals surface area contributed by atoms with Gasteiger partial charge in [0.15, 0.2) is 11.6 Å². The van der Waals surface area contributed by atoms with Crippen molar-refractivity contribution in [3.8, 4) is 5.75 Å². The average Bonchev–Trinajstić information content (AvgIpc) is 2.41. The van der Waals surface area contributed by atoms with Gasteiger partial charge >= 0.3 is 5.97 Å². The van der Waals surface area contributed by atoms with E-state index in [0.29, 0.717) is 26.1 Å². The Bertz CT molecular complexity index is 492. The molecule has 0 aromatic heterocycles. The molecule has 0 amide bonds. The lowest BCUT2D eigenvalue weighted by Gasteiger charge is -2.28. The van der Waals surface area contributed by atoms with Crippen LogP contribution in [-0.4, -0.2) is 29.4 Å². The van der Waals surface area contributed by atoms with Gasteiger partial charge in [-0.2, -0.15) is 0 Å². The molecule has 4 N–H and O–H groups in total. The van der Waals surface area contributed by atoms with Crippen molar-refractivity contribution in [2.24, 2.45) is 11.7 Å². The number of halogens is 2. The fraction of sp³-hybridized carbons (Fsp3) is 0.462. The van der Waals surface area contributed by atoms with Gasteiger partial charge in [0.2, 0.25) is 0 Å². The fourth-order valence-electron chi connectivity index (χ4n) is 2.33. The van der Waals surface area contributed by atoms with Crippen LogP contribution in [0.4, 0.5) is 4.39 Å². The minimum atomic E-state index is -1.25. The van der Waals surface area contributed by atoms with Crippen LogP contribution >= 0.6 is 12.4 Å². The van der Waals surface area contributed by atoms with Gasteiger partial charge in [-0.15, -0.1) is 12.4 Å². The summed E-state index contributed by atoms with van der Waals surface area (Å²) in [6.45, 7) is 1.14. The predicted octanol–water partition coefficient (Wildman–Crippen LogP) is 2.08. The van der Waals surface area contributed by atoms with Gasteiger partial charge in [0.1, 0.15) is 0 Å². The van der Waals surface area contributed by atoms with E-state index in [9.17, 15) is 14.3 Å². The summed E-state index contributed by atoms with van der Waals surface area (Å²) in [6.07, 6.45) is 1.42. The van der Waals surface area contributed by atoms with Crippen LogP contribution in [0.2, 0.25) is 0 Å². The van der Waals surface area contributed by atoms with E-state index >= 15 is 0 Å². The van der Waals surface area contributed by atoms with Gasteiger partial charge in [0.05, 0.1) is 5.56 Å². The number of aromatic carboxylic acids is 1. The first kappa shape index (κ1) is 16.7. The highest BCUT2D eigenvalue weighted by molar-refractivity contribution is 5.88. The molecule has 0 radical (unpaired) electrons. The number of carboxylic acid groups (broad SMARTS) is 1. The number of benzene rings is 1. The molecule has 1 saturated heterocycles. The number of carboxylic acids is 1. The van der Waals surface area contributed by atoms with Crippen molar-refractivity contribution in [3.05, 3.63) is 29.1 Å². The normalized spacial score (nSPS) is 17.3. The maximum Gasteiger partial charge on any atom is 0.335 e. The van der Waals surface area contributed by atoms with Crippen molar-refractivity contribution in [3.63, 3.8) is 0 Å². The highest BCUT2D eigenvalue weighted by atomic mass is 35.5. The summed E-state index contributed by atoms with van der Waals surface area (Å²) in [5, 5.41) is 18.6. The molecule has 0 unspecified atom stereocenters. The second-order valence-electron chi connectivity index (χ2n) is 4.68. The van der Waals surface area contributed by atoms with Crippen molar-refractivity contribution >= 4 is 18.4 Å². The van der Waals surface area contributed by atoms with E-state index in [1.807, 2.05) is 0 Å². The molecule has 20 heavy (non-hydrogen) atoms. The van der Waals surface area contributed by atoms with E-state index < -0.39 is 23.6 Å². The van der Waals surface area contributed by atoms with E-state index in [1.54, 1.807) is 0 Å². The third kappa shape index (κ3) is 3.39. The van der Waals surface area contributed by atoms with Gasteiger partial charge in [-0.3, -0.25) is 0 Å². The van der Waals surface area contributed by atoms with Crippen molar-refractivity contribution in [2.45, 2.75) is 18.9 Å². The van der Waals surface area contributed by atoms with E-state index in [1.165, 1.54) is 6.07 Å². The number of hydrogen-bond acceptors (Lipinski definition) is 4. The first-order valence-corrected chi connectivity index (χ1v) is 6.09. The Morgan fingerprint density at radius 3 is 2.55 bits per heavy atom. The standard InChI is InChI=1S/C13H16FNO4.ClH/c14-10-6-8(13(17)18)5-9(12(10)16)11(15)7-1-3-19-4-2-7;/h5-7,11,16H,1-4,15H2,(H,17,18);1H/t11-;/m1./s1. The van der Waals surface area contributed by atoms with Gasteiger partial charge < -0.3 is 20.7 Å². The Morgan fingerprint density at radius 1 is 1.40 bits per heavy atom. The maximum atomic E-state index is 13.5. The average molecular weight is 306 g/mol. The lowest BCUT2D eigenvalue weighted by molar-refractivity contribution is 0.0579. The SMILES string of the molecule is Cl.N[C@@H](c1cc(C(=O)O)cc(F)c1O)C1CCOCC1. The first-order chi connectivity index (χ1) is 9.00. The van der Waals surface area contributed by atoms with Gasteiger partial charge in [0, 0.05) is 24.8 Å². The fourth-order valence-corrected chi connectivity index (χ4v) is 2.33. The number of rotatable bonds is 3. The molecule has 1 fully saturated rings. The summed E-state index contributed by atoms with van der Waals surface area (Å²) in [5.41, 5.74) is 5.96. The zero-order chi connectivity index (χ0) is 14.0. The predicted molar refractivity (Wildman–Crippen MR) is 72.7 cm³/mol. The minimum Gasteiger partial charge on any atom is -0.505 e. The molecule has 1 aromatic carbocycles. The maximum absolute atomic E-state index is 13.5. The van der Waals surface area contributed by atoms with Crippen LogP contribution < -0.4 is 5.73 Å². The highest BCUT2D eigenvalue weighted by Crippen LogP contribution is 2.35. The topological polar surface area (TPSA) is 92.8 Å². The smallest absolute Gasteiger partial charge is 0.335 e. The first-order valence-electron chi connectivity index (χ1n) is 6.09. The van der Waals surface area contributed by atoms with Crippen LogP contribution in [0, 0.1) is 11.7 Å². The van der Waals surface area contributed by atoms with Crippen LogP contribution in [0.1, 0.15) is 34.8 Å². The largest absolute Gasteiger partial charge is 0.505 e. The summed E-state index contributed by atoms with van der Waals surface area (Å²) in [6, 6.07) is 1.43. The molecule has 1 aliphatic heterocycles. The summed E-state index contributed by atoms with van der Waals surface area (Å²) in [7, 11) is 0. The molecule has 1 aromatic rings. The molecule has 0 bridgehead atoms. The minimum absolute atomic E-state index is 0. The quantitative estimate of drug-likeness (QED) is 0.795. The summed E-state index contributed by atoms with van der Waals surface area (Å²) >= 11 is 0. The zero-order valence-electron chi connectivity index (χ0n) is 10.7. The second-order valence-corrected chi connectivity index (χ2v) is 4.68. The number of phenolic OH excluding ortho intramolecular Hbond substituents is 1. The zero-order valence-corrected chi connectivity index (χ0v) is 11.5.